The normalized spacial score (nSPS) is 16.5. The molecule has 1 atom stereocenters. The number of aliphatic hydroxyl groups excluding tert-OH is 1. The van der Waals surface area contributed by atoms with E-state index in [0.29, 0.717) is 11.9 Å². The minimum absolute atomic E-state index is 0.0122. The molecule has 5 rings (SSSR count). The van der Waals surface area contributed by atoms with E-state index in [1.165, 1.54) is 5.56 Å². The molecule has 0 aliphatic carbocycles. The fraction of sp³-hybridized carbons (Fsp3) is 0.250. The zero-order valence-electron chi connectivity index (χ0n) is 18.9. The highest BCUT2D eigenvalue weighted by atomic mass is 79.9. The number of aromatic nitrogens is 1. The quantitative estimate of drug-likeness (QED) is 0.394. The van der Waals surface area contributed by atoms with Gasteiger partial charge in [-0.15, -0.1) is 0 Å². The summed E-state index contributed by atoms with van der Waals surface area (Å²) in [6.45, 7) is 6.60. The maximum absolute atomic E-state index is 13.5. The Balaban J connectivity index is 1.54. The van der Waals surface area contributed by atoms with Gasteiger partial charge in [0.25, 0.3) is 5.56 Å². The van der Waals surface area contributed by atoms with Crippen LogP contribution in [0.1, 0.15) is 23.1 Å². The molecule has 33 heavy (non-hydrogen) atoms. The van der Waals surface area contributed by atoms with E-state index in [4.69, 9.17) is 0 Å². The average molecular weight is 503 g/mol. The predicted molar refractivity (Wildman–Crippen MR) is 138 cm³/mol. The van der Waals surface area contributed by atoms with E-state index in [-0.39, 0.29) is 11.7 Å². The number of hydrogen-bond donors (Lipinski definition) is 1. The third kappa shape index (κ3) is 4.17. The SMILES string of the molecule is Cc1c(Br)cccc1-c1cccc(-n2ccc3cc(CN4CC[C@H](O)C4)ccc3c2=O)c1C. The fourth-order valence-electron chi connectivity index (χ4n) is 4.87. The van der Waals surface area contributed by atoms with Gasteiger partial charge in [-0.05, 0) is 83.8 Å². The third-order valence-electron chi connectivity index (χ3n) is 6.74. The molecule has 0 radical (unpaired) electrons. The van der Waals surface area contributed by atoms with Crippen LogP contribution in [0, 0.1) is 13.8 Å². The van der Waals surface area contributed by atoms with Gasteiger partial charge in [-0.1, -0.05) is 46.3 Å². The van der Waals surface area contributed by atoms with Crippen LogP contribution in [-0.2, 0) is 6.54 Å². The maximum Gasteiger partial charge on any atom is 0.262 e. The van der Waals surface area contributed by atoms with Crippen LogP contribution in [0.4, 0.5) is 0 Å². The highest BCUT2D eigenvalue weighted by molar-refractivity contribution is 9.10. The molecule has 1 aromatic heterocycles. The molecule has 5 heteroatoms. The summed E-state index contributed by atoms with van der Waals surface area (Å²) in [5, 5.41) is 11.4. The summed E-state index contributed by atoms with van der Waals surface area (Å²) in [7, 11) is 0. The average Bonchev–Trinajstić information content (AvgIpc) is 3.21. The first-order chi connectivity index (χ1) is 15.9. The molecule has 4 aromatic rings. The van der Waals surface area contributed by atoms with Crippen LogP contribution in [0.15, 0.2) is 76.1 Å². The molecule has 1 fully saturated rings. The van der Waals surface area contributed by atoms with Gasteiger partial charge >= 0.3 is 0 Å². The van der Waals surface area contributed by atoms with Crippen molar-refractivity contribution in [3.63, 3.8) is 0 Å². The van der Waals surface area contributed by atoms with Crippen molar-refractivity contribution in [2.45, 2.75) is 32.9 Å². The summed E-state index contributed by atoms with van der Waals surface area (Å²) in [5.74, 6) is 0. The number of hydrogen-bond acceptors (Lipinski definition) is 3. The lowest BCUT2D eigenvalue weighted by molar-refractivity contribution is 0.175. The molecule has 0 saturated carbocycles. The van der Waals surface area contributed by atoms with Crippen molar-refractivity contribution in [1.29, 1.82) is 0 Å². The van der Waals surface area contributed by atoms with Gasteiger partial charge in [0.1, 0.15) is 0 Å². The molecule has 0 spiro atoms. The Morgan fingerprint density at radius 2 is 1.76 bits per heavy atom. The highest BCUT2D eigenvalue weighted by Gasteiger charge is 2.20. The Labute approximate surface area is 202 Å². The molecule has 1 saturated heterocycles. The van der Waals surface area contributed by atoms with Crippen molar-refractivity contribution in [1.82, 2.24) is 9.47 Å². The number of rotatable bonds is 4. The predicted octanol–water partition coefficient (Wildman–Crippen LogP) is 5.60. The van der Waals surface area contributed by atoms with Gasteiger partial charge in [0.15, 0.2) is 0 Å². The van der Waals surface area contributed by atoms with Crippen molar-refractivity contribution >= 4 is 26.7 Å². The second kappa shape index (κ2) is 8.90. The number of benzene rings is 3. The van der Waals surface area contributed by atoms with Crippen LogP contribution in [0.5, 0.6) is 0 Å². The molecule has 1 aliphatic rings. The lowest BCUT2D eigenvalue weighted by Gasteiger charge is -2.17. The van der Waals surface area contributed by atoms with E-state index >= 15 is 0 Å². The molecule has 0 unspecified atom stereocenters. The number of aliphatic hydroxyl groups is 1. The van der Waals surface area contributed by atoms with Gasteiger partial charge in [-0.2, -0.15) is 0 Å². The Morgan fingerprint density at radius 3 is 2.52 bits per heavy atom. The second-order valence-corrected chi connectivity index (χ2v) is 9.81. The first-order valence-corrected chi connectivity index (χ1v) is 12.1. The summed E-state index contributed by atoms with van der Waals surface area (Å²) in [5.41, 5.74) is 6.59. The second-order valence-electron chi connectivity index (χ2n) is 8.95. The van der Waals surface area contributed by atoms with E-state index < -0.39 is 0 Å². The van der Waals surface area contributed by atoms with Gasteiger partial charge in [-0.25, -0.2) is 0 Å². The Bertz CT molecular complexity index is 1410. The zero-order valence-corrected chi connectivity index (χ0v) is 20.5. The van der Waals surface area contributed by atoms with Crippen molar-refractivity contribution in [3.8, 4) is 16.8 Å². The van der Waals surface area contributed by atoms with Gasteiger partial charge in [-0.3, -0.25) is 14.3 Å². The minimum Gasteiger partial charge on any atom is -0.392 e. The molecule has 2 heterocycles. The molecule has 168 valence electrons. The van der Waals surface area contributed by atoms with Crippen molar-refractivity contribution in [3.05, 3.63) is 98.4 Å². The number of fused-ring (bicyclic) bond motifs is 1. The molecule has 1 aliphatic heterocycles. The van der Waals surface area contributed by atoms with Crippen molar-refractivity contribution in [2.75, 3.05) is 13.1 Å². The fourth-order valence-corrected chi connectivity index (χ4v) is 5.24. The number of likely N-dealkylation sites (tertiary alicyclic amines) is 1. The zero-order chi connectivity index (χ0) is 23.1. The van der Waals surface area contributed by atoms with E-state index in [2.05, 4.69) is 52.9 Å². The van der Waals surface area contributed by atoms with Crippen LogP contribution >= 0.6 is 15.9 Å². The van der Waals surface area contributed by atoms with Crippen LogP contribution in [0.3, 0.4) is 0 Å². The number of nitrogens with zero attached hydrogens (tertiary/aromatic N) is 2. The molecule has 0 bridgehead atoms. The van der Waals surface area contributed by atoms with Gasteiger partial charge in [0, 0.05) is 35.7 Å². The van der Waals surface area contributed by atoms with Gasteiger partial charge in [0.2, 0.25) is 0 Å². The number of pyridine rings is 1. The van der Waals surface area contributed by atoms with Crippen LogP contribution < -0.4 is 5.56 Å². The Hall–Kier alpha value is -2.73. The van der Waals surface area contributed by atoms with Crippen molar-refractivity contribution < 1.29 is 5.11 Å². The van der Waals surface area contributed by atoms with E-state index in [0.717, 1.165) is 57.3 Å². The number of β-amino-alcohol motifs (C(OH)–C–C–N with tert-alkyl or cyclic N) is 1. The summed E-state index contributed by atoms with van der Waals surface area (Å²) in [6.07, 6.45) is 2.49. The molecule has 4 nitrogen and oxygen atoms in total. The standard InChI is InChI=1S/C28H27BrN2O2/c1-18-23(5-3-7-26(18)29)24-6-4-8-27(19(24)2)31-14-11-21-15-20(9-10-25(21)28(31)33)16-30-13-12-22(32)17-30/h3-11,14-15,22,32H,12-13,16-17H2,1-2H3/t22-/m0/s1. The highest BCUT2D eigenvalue weighted by Crippen LogP contribution is 2.33. The molecular formula is C28H27BrN2O2. The Morgan fingerprint density at radius 1 is 1.00 bits per heavy atom. The maximum atomic E-state index is 13.5. The van der Waals surface area contributed by atoms with Gasteiger partial charge in [0.05, 0.1) is 11.8 Å². The summed E-state index contributed by atoms with van der Waals surface area (Å²) >= 11 is 3.64. The molecule has 0 amide bonds. The van der Waals surface area contributed by atoms with Crippen LogP contribution in [0.2, 0.25) is 0 Å². The van der Waals surface area contributed by atoms with E-state index in [1.54, 1.807) is 4.57 Å². The Kier molecular flexibility index (Phi) is 5.95. The largest absolute Gasteiger partial charge is 0.392 e. The first kappa shape index (κ1) is 22.1. The first-order valence-electron chi connectivity index (χ1n) is 11.3. The lowest BCUT2D eigenvalue weighted by atomic mass is 9.95. The monoisotopic (exact) mass is 502 g/mol. The molecular weight excluding hydrogens is 476 g/mol. The summed E-state index contributed by atoms with van der Waals surface area (Å²) in [4.78, 5) is 15.7. The van der Waals surface area contributed by atoms with Crippen LogP contribution in [-0.4, -0.2) is 33.8 Å². The smallest absolute Gasteiger partial charge is 0.262 e. The summed E-state index contributed by atoms with van der Waals surface area (Å²) in [6, 6.07) is 20.4. The topological polar surface area (TPSA) is 45.5 Å². The molecule has 1 N–H and O–H groups in total. The van der Waals surface area contributed by atoms with Crippen LogP contribution in [0.25, 0.3) is 27.6 Å². The third-order valence-corrected chi connectivity index (χ3v) is 7.60. The van der Waals surface area contributed by atoms with E-state index in [9.17, 15) is 9.90 Å². The van der Waals surface area contributed by atoms with Crippen molar-refractivity contribution in [2.24, 2.45) is 0 Å². The number of halogens is 1. The van der Waals surface area contributed by atoms with E-state index in [1.807, 2.05) is 48.7 Å². The van der Waals surface area contributed by atoms with Gasteiger partial charge < -0.3 is 5.11 Å². The summed E-state index contributed by atoms with van der Waals surface area (Å²) < 4.78 is 2.83. The molecule has 3 aromatic carbocycles. The minimum atomic E-state index is -0.225. The lowest BCUT2D eigenvalue weighted by Crippen LogP contribution is -2.22.